The van der Waals surface area contributed by atoms with Crippen LogP contribution in [0.1, 0.15) is 25.0 Å². The average Bonchev–Trinajstić information content (AvgIpc) is 3.55. The molecular formula is C59H40N2. The SMILES string of the molecule is CC1(C)c2ccccc2-c2ccc(-c3c4ccccc4c(-c4ccc(-c5ccc(-c6c7ccccc7c(-c7ccccc7)c7ccncc67)cc5)cc4)c4cnccc34)cc21. The molecule has 61 heavy (non-hydrogen) atoms. The van der Waals surface area contributed by atoms with E-state index in [-0.39, 0.29) is 5.41 Å². The highest BCUT2D eigenvalue weighted by molar-refractivity contribution is 6.22. The summed E-state index contributed by atoms with van der Waals surface area (Å²) < 4.78 is 0. The minimum atomic E-state index is -0.0779. The first-order valence-electron chi connectivity index (χ1n) is 21.1. The van der Waals surface area contributed by atoms with Crippen molar-refractivity contribution in [3.8, 4) is 66.8 Å². The number of benzene rings is 9. The van der Waals surface area contributed by atoms with E-state index in [1.807, 2.05) is 18.6 Å². The van der Waals surface area contributed by atoms with Crippen LogP contribution in [0.5, 0.6) is 0 Å². The summed E-state index contributed by atoms with van der Waals surface area (Å²) in [7, 11) is 0. The molecule has 0 radical (unpaired) electrons. The Morgan fingerprint density at radius 2 is 0.672 bits per heavy atom. The minimum Gasteiger partial charge on any atom is -0.264 e. The molecule has 0 unspecified atom stereocenters. The minimum absolute atomic E-state index is 0.0779. The molecule has 0 aliphatic heterocycles. The van der Waals surface area contributed by atoms with Gasteiger partial charge in [0.05, 0.1) is 0 Å². The molecule has 0 bridgehead atoms. The standard InChI is InChI=1S/C59H40N2/c1-59(2)53-19-11-10-14-43(53)44-29-28-42(34-54(44)59)58-48-18-9-8-17-47(48)57(52-36-61-33-31-50(52)58)41-26-22-38(23-27-41)37-20-24-40(25-21-37)56-46-16-7-6-15-45(46)55(39-12-4-3-5-13-39)49-30-32-60-35-51(49)56/h3-36H,1-2H3. The molecule has 2 heteroatoms. The van der Waals surface area contributed by atoms with Crippen LogP contribution in [0.4, 0.5) is 0 Å². The van der Waals surface area contributed by atoms with Gasteiger partial charge in [0.2, 0.25) is 0 Å². The van der Waals surface area contributed by atoms with Crippen LogP contribution in [-0.4, -0.2) is 9.97 Å². The van der Waals surface area contributed by atoms with E-state index in [1.165, 1.54) is 110 Å². The number of hydrogen-bond acceptors (Lipinski definition) is 2. The summed E-state index contributed by atoms with van der Waals surface area (Å²) in [5, 5.41) is 9.67. The second kappa shape index (κ2) is 13.7. The van der Waals surface area contributed by atoms with E-state index in [2.05, 4.69) is 207 Å². The summed E-state index contributed by atoms with van der Waals surface area (Å²) >= 11 is 0. The fourth-order valence-corrected chi connectivity index (χ4v) is 10.4. The van der Waals surface area contributed by atoms with Gasteiger partial charge < -0.3 is 0 Å². The fourth-order valence-electron chi connectivity index (χ4n) is 10.4. The first kappa shape index (κ1) is 35.3. The third-order valence-corrected chi connectivity index (χ3v) is 13.3. The zero-order valence-corrected chi connectivity index (χ0v) is 34.0. The summed E-state index contributed by atoms with van der Waals surface area (Å²) in [6.45, 7) is 4.71. The molecule has 2 heterocycles. The molecule has 12 rings (SSSR count). The lowest BCUT2D eigenvalue weighted by Crippen LogP contribution is -2.14. The van der Waals surface area contributed by atoms with E-state index in [1.54, 1.807) is 0 Å². The van der Waals surface area contributed by atoms with Gasteiger partial charge in [0.25, 0.3) is 0 Å². The lowest BCUT2D eigenvalue weighted by Gasteiger charge is -2.23. The number of rotatable bonds is 5. The van der Waals surface area contributed by atoms with Crippen molar-refractivity contribution in [2.75, 3.05) is 0 Å². The number of fused-ring (bicyclic) bond motifs is 7. The van der Waals surface area contributed by atoms with E-state index < -0.39 is 0 Å². The monoisotopic (exact) mass is 776 g/mol. The predicted octanol–water partition coefficient (Wildman–Crippen LogP) is 15.7. The third-order valence-electron chi connectivity index (χ3n) is 13.3. The highest BCUT2D eigenvalue weighted by Gasteiger charge is 2.35. The lowest BCUT2D eigenvalue weighted by molar-refractivity contribution is 0.660. The molecular weight excluding hydrogens is 737 g/mol. The number of hydrogen-bond donors (Lipinski definition) is 0. The van der Waals surface area contributed by atoms with Gasteiger partial charge in [-0.05, 0) is 128 Å². The van der Waals surface area contributed by atoms with Gasteiger partial charge in [-0.15, -0.1) is 0 Å². The summed E-state index contributed by atoms with van der Waals surface area (Å²) in [5.41, 5.74) is 17.5. The molecule has 0 fully saturated rings. The van der Waals surface area contributed by atoms with Crippen LogP contribution in [-0.2, 0) is 5.41 Å². The molecule has 0 saturated heterocycles. The maximum Gasteiger partial charge on any atom is 0.0353 e. The van der Waals surface area contributed by atoms with Crippen LogP contribution in [0.25, 0.3) is 110 Å². The van der Waals surface area contributed by atoms with Crippen LogP contribution >= 0.6 is 0 Å². The highest BCUT2D eigenvalue weighted by Crippen LogP contribution is 2.51. The van der Waals surface area contributed by atoms with Crippen molar-refractivity contribution < 1.29 is 0 Å². The number of pyridine rings is 2. The van der Waals surface area contributed by atoms with Gasteiger partial charge in [0.1, 0.15) is 0 Å². The van der Waals surface area contributed by atoms with Crippen LogP contribution in [0.3, 0.4) is 0 Å². The molecule has 2 nitrogen and oxygen atoms in total. The lowest BCUT2D eigenvalue weighted by atomic mass is 9.80. The van der Waals surface area contributed by atoms with Crippen molar-refractivity contribution in [3.63, 3.8) is 0 Å². The molecule has 9 aromatic carbocycles. The summed E-state index contributed by atoms with van der Waals surface area (Å²) in [6.07, 6.45) is 7.92. The van der Waals surface area contributed by atoms with Crippen LogP contribution in [0.2, 0.25) is 0 Å². The number of aromatic nitrogens is 2. The Balaban J connectivity index is 0.944. The average molecular weight is 777 g/mol. The van der Waals surface area contributed by atoms with Crippen molar-refractivity contribution in [1.29, 1.82) is 0 Å². The fraction of sp³-hybridized carbons (Fsp3) is 0.0508. The van der Waals surface area contributed by atoms with Gasteiger partial charge in [-0.3, -0.25) is 9.97 Å². The molecule has 1 aliphatic rings. The summed E-state index contributed by atoms with van der Waals surface area (Å²) in [4.78, 5) is 9.32. The van der Waals surface area contributed by atoms with Crippen molar-refractivity contribution >= 4 is 43.1 Å². The van der Waals surface area contributed by atoms with Gasteiger partial charge in [0.15, 0.2) is 0 Å². The summed E-state index contributed by atoms with van der Waals surface area (Å²) in [6, 6.07) is 66.8. The first-order chi connectivity index (χ1) is 30.0. The van der Waals surface area contributed by atoms with Crippen LogP contribution in [0, 0.1) is 0 Å². The van der Waals surface area contributed by atoms with Crippen molar-refractivity contribution in [3.05, 3.63) is 218 Å². The largest absolute Gasteiger partial charge is 0.264 e. The zero-order chi connectivity index (χ0) is 40.7. The maximum absolute atomic E-state index is 4.70. The quantitative estimate of drug-likeness (QED) is 0.163. The smallest absolute Gasteiger partial charge is 0.0353 e. The maximum atomic E-state index is 4.70. The molecule has 11 aromatic rings. The van der Waals surface area contributed by atoms with E-state index in [4.69, 9.17) is 4.98 Å². The Kier molecular flexibility index (Phi) is 7.92. The molecule has 286 valence electrons. The van der Waals surface area contributed by atoms with Gasteiger partial charge >= 0.3 is 0 Å². The third kappa shape index (κ3) is 5.42. The summed E-state index contributed by atoms with van der Waals surface area (Å²) in [5.74, 6) is 0. The van der Waals surface area contributed by atoms with Gasteiger partial charge in [-0.2, -0.15) is 0 Å². The second-order valence-corrected chi connectivity index (χ2v) is 16.9. The van der Waals surface area contributed by atoms with E-state index in [0.717, 1.165) is 10.8 Å². The van der Waals surface area contributed by atoms with E-state index in [0.29, 0.717) is 0 Å². The van der Waals surface area contributed by atoms with E-state index in [9.17, 15) is 0 Å². The Labute approximate surface area is 355 Å². The second-order valence-electron chi connectivity index (χ2n) is 16.9. The van der Waals surface area contributed by atoms with Crippen LogP contribution < -0.4 is 0 Å². The molecule has 0 atom stereocenters. The molecule has 2 aromatic heterocycles. The highest BCUT2D eigenvalue weighted by atomic mass is 14.6. The van der Waals surface area contributed by atoms with Crippen molar-refractivity contribution in [1.82, 2.24) is 9.97 Å². The molecule has 1 aliphatic carbocycles. The van der Waals surface area contributed by atoms with Crippen molar-refractivity contribution in [2.24, 2.45) is 0 Å². The van der Waals surface area contributed by atoms with Gasteiger partial charge in [0, 0.05) is 41.0 Å². The van der Waals surface area contributed by atoms with Gasteiger partial charge in [-0.1, -0.05) is 178 Å². The Morgan fingerprint density at radius 1 is 0.295 bits per heavy atom. The first-order valence-corrected chi connectivity index (χ1v) is 21.1. The molecule has 0 spiro atoms. The van der Waals surface area contributed by atoms with Crippen molar-refractivity contribution in [2.45, 2.75) is 19.3 Å². The van der Waals surface area contributed by atoms with E-state index >= 15 is 0 Å². The Morgan fingerprint density at radius 3 is 1.21 bits per heavy atom. The van der Waals surface area contributed by atoms with Crippen LogP contribution in [0.15, 0.2) is 207 Å². The zero-order valence-electron chi connectivity index (χ0n) is 34.0. The molecule has 0 saturated carbocycles. The molecule has 0 N–H and O–H groups in total. The molecule has 0 amide bonds. The van der Waals surface area contributed by atoms with Gasteiger partial charge in [-0.25, -0.2) is 0 Å². The predicted molar refractivity (Wildman–Crippen MR) is 257 cm³/mol. The topological polar surface area (TPSA) is 25.8 Å². The Hall–Kier alpha value is -7.68. The Bertz CT molecular complexity index is 3410. The normalized spacial score (nSPS) is 12.9. The number of nitrogens with zero attached hydrogens (tertiary/aromatic N) is 2.